The average molecular weight is 1260 g/mol. The van der Waals surface area contributed by atoms with Crippen molar-refractivity contribution in [1.29, 1.82) is 0 Å². The summed E-state index contributed by atoms with van der Waals surface area (Å²) in [6, 6.07) is 24.6. The zero-order valence-electron chi connectivity index (χ0n) is 47.9. The third-order valence-electron chi connectivity index (χ3n) is 14.9. The van der Waals surface area contributed by atoms with Crippen molar-refractivity contribution in [3.8, 4) is 0 Å². The number of benzene rings is 3. The summed E-state index contributed by atoms with van der Waals surface area (Å²) in [7, 11) is 0. The van der Waals surface area contributed by atoms with Gasteiger partial charge in [0.05, 0.1) is 35.7 Å². The molecule has 0 bridgehead atoms. The highest BCUT2D eigenvalue weighted by atomic mass is 19.4. The second kappa shape index (κ2) is 31.4. The molecule has 9 rings (SSSR count). The summed E-state index contributed by atoms with van der Waals surface area (Å²) in [5.74, 6) is -10.7. The van der Waals surface area contributed by atoms with Gasteiger partial charge in [-0.1, -0.05) is 49.3 Å². The first-order valence-corrected chi connectivity index (χ1v) is 27.9. The van der Waals surface area contributed by atoms with Crippen LogP contribution in [0.5, 0.6) is 0 Å². The van der Waals surface area contributed by atoms with E-state index in [-0.39, 0.29) is 11.8 Å². The Balaban J connectivity index is 0.000000418. The summed E-state index contributed by atoms with van der Waals surface area (Å²) in [6.07, 6.45) is -4.71. The van der Waals surface area contributed by atoms with Gasteiger partial charge >= 0.3 is 42.6 Å². The number of aliphatic carboxylic acids is 4. The highest BCUT2D eigenvalue weighted by molar-refractivity contribution is 6.18. The smallest absolute Gasteiger partial charge is 0.490 e. The van der Waals surface area contributed by atoms with Gasteiger partial charge < -0.3 is 40.3 Å². The molecule has 1 aromatic heterocycles. The molecule has 29 heteroatoms. The second-order valence-corrected chi connectivity index (χ2v) is 21.2. The largest absolute Gasteiger partial charge is 0.542 e. The van der Waals surface area contributed by atoms with Gasteiger partial charge in [-0.15, -0.1) is 0 Å². The summed E-state index contributed by atoms with van der Waals surface area (Å²) < 4.78 is 129. The topological polar surface area (TPSA) is 218 Å². The zero-order chi connectivity index (χ0) is 65.3. The van der Waals surface area contributed by atoms with Crippen LogP contribution in [0.4, 0.5) is 75.4 Å². The number of alkyl halides is 12. The Bertz CT molecular complexity index is 2950. The van der Waals surface area contributed by atoms with E-state index in [1.165, 1.54) is 87.1 Å². The number of nitrogens with zero attached hydrogens (tertiary/aromatic N) is 6. The predicted molar refractivity (Wildman–Crippen MR) is 296 cm³/mol. The molecule has 17 nitrogen and oxygen atoms in total. The Morgan fingerprint density at radius 2 is 1.05 bits per heavy atom. The quantitative estimate of drug-likeness (QED) is 0.0591. The van der Waals surface area contributed by atoms with E-state index in [1.54, 1.807) is 27.8 Å². The van der Waals surface area contributed by atoms with Crippen LogP contribution in [0.1, 0.15) is 88.9 Å². The lowest BCUT2D eigenvalue weighted by atomic mass is 9.90. The van der Waals surface area contributed by atoms with Crippen LogP contribution in [0, 0.1) is 19.8 Å². The molecule has 5 aliphatic rings. The molecule has 0 aliphatic carbocycles. The van der Waals surface area contributed by atoms with Crippen molar-refractivity contribution in [2.45, 2.75) is 103 Å². The first-order chi connectivity index (χ1) is 41.1. The van der Waals surface area contributed by atoms with Crippen LogP contribution in [-0.2, 0) is 43.4 Å². The number of carbonyl (C=O) groups excluding carboxylic acids is 3. The van der Waals surface area contributed by atoms with Gasteiger partial charge in [-0.05, 0) is 129 Å². The first-order valence-electron chi connectivity index (χ1n) is 27.9. The molecule has 482 valence electrons. The molecular formula is C59H67F12N7O10. The van der Waals surface area contributed by atoms with Gasteiger partial charge in [0.25, 0.3) is 5.91 Å². The minimum Gasteiger partial charge on any atom is -0.542 e. The third kappa shape index (κ3) is 21.5. The van der Waals surface area contributed by atoms with E-state index >= 15 is 0 Å². The number of amides is 2. The van der Waals surface area contributed by atoms with Crippen molar-refractivity contribution in [3.63, 3.8) is 0 Å². The maximum absolute atomic E-state index is 13.9. The number of hydrogen-bond acceptors (Lipinski definition) is 11. The molecule has 0 spiro atoms. The molecule has 0 saturated carbocycles. The lowest BCUT2D eigenvalue weighted by Crippen LogP contribution is -2.51. The Kier molecular flexibility index (Phi) is 25.3. The number of aromatic nitrogens is 1. The number of nitrogens with one attached hydrogen (secondary N) is 1. The highest BCUT2D eigenvalue weighted by Crippen LogP contribution is 2.39. The molecule has 4 aromatic rings. The van der Waals surface area contributed by atoms with Crippen LogP contribution in [0.15, 0.2) is 72.8 Å². The summed E-state index contributed by atoms with van der Waals surface area (Å²) in [6.45, 7) is 17.2. The van der Waals surface area contributed by atoms with E-state index in [1.807, 2.05) is 42.5 Å². The minimum atomic E-state index is -5.19. The molecule has 4 N–H and O–H groups in total. The van der Waals surface area contributed by atoms with Gasteiger partial charge in [-0.2, -0.15) is 57.3 Å². The van der Waals surface area contributed by atoms with Crippen LogP contribution in [0.3, 0.4) is 0 Å². The summed E-state index contributed by atoms with van der Waals surface area (Å²) in [5.41, 5.74) is 12.5. The van der Waals surface area contributed by atoms with Crippen LogP contribution in [0.2, 0.25) is 0 Å². The number of pyridine rings is 1. The van der Waals surface area contributed by atoms with Crippen molar-refractivity contribution in [1.82, 2.24) is 14.7 Å². The minimum absolute atomic E-state index is 0.00748. The van der Waals surface area contributed by atoms with Gasteiger partial charge in [-0.3, -0.25) is 24.3 Å². The molecule has 2 amide bonds. The number of rotatable bonds is 12. The number of carbonyl (C=O) groups is 6. The fourth-order valence-electron chi connectivity index (χ4n) is 10.7. The zero-order valence-corrected chi connectivity index (χ0v) is 47.9. The number of likely N-dealkylation sites (tertiary alicyclic amines) is 1. The predicted octanol–water partition coefficient (Wildman–Crippen LogP) is 9.09. The van der Waals surface area contributed by atoms with E-state index < -0.39 is 48.6 Å². The van der Waals surface area contributed by atoms with Gasteiger partial charge in [0.15, 0.2) is 17.9 Å². The van der Waals surface area contributed by atoms with Crippen molar-refractivity contribution in [2.24, 2.45) is 5.92 Å². The maximum Gasteiger partial charge on any atom is 0.490 e. The number of halogens is 12. The van der Waals surface area contributed by atoms with Crippen LogP contribution in [0.25, 0.3) is 12.2 Å². The van der Waals surface area contributed by atoms with Crippen molar-refractivity contribution >= 4 is 70.6 Å². The number of carboxylic acids is 4. The summed E-state index contributed by atoms with van der Waals surface area (Å²) in [5, 5.41) is 33.2. The number of para-hydroxylation sites is 3. The van der Waals surface area contributed by atoms with E-state index in [0.29, 0.717) is 23.5 Å². The standard InChI is InChI=1S/C51H63N7O2.4C2HF3O2/c1-38-33-41(18-19-42-35-43-12-9-23-56-24-10-13-44(36-42)50(43)56)34-39(2)57(38)32-31-54-29-27-53(28-30-54)22-8-7-11-40-20-25-55(26-21-40)37-49(59)58-47-16-5-3-14-45(47)51(60)52-46-15-4-6-17-48(46)58;4*3-2(4,5)1(6)7/h3-6,14-19,33-36,40H,7-13,20-32,37H2,1-2H3;4*(H,6,7). The number of anilines is 4. The van der Waals surface area contributed by atoms with Crippen LogP contribution in [-0.4, -0.2) is 162 Å². The Morgan fingerprint density at radius 3 is 1.52 bits per heavy atom. The molecule has 0 unspecified atom stereocenters. The molecule has 88 heavy (non-hydrogen) atoms. The van der Waals surface area contributed by atoms with Gasteiger partial charge in [0.2, 0.25) is 5.91 Å². The van der Waals surface area contributed by atoms with Crippen molar-refractivity contribution < 1.29 is 106 Å². The molecule has 0 radical (unpaired) electrons. The highest BCUT2D eigenvalue weighted by Gasteiger charge is 2.40. The molecule has 0 atom stereocenters. The Hall–Kier alpha value is -7.79. The van der Waals surface area contributed by atoms with E-state index in [9.17, 15) is 62.3 Å². The number of hydrogen-bond donors (Lipinski definition) is 4. The Labute approximate surface area is 498 Å². The monoisotopic (exact) mass is 1260 g/mol. The van der Waals surface area contributed by atoms with Crippen LogP contribution < -0.4 is 24.8 Å². The second-order valence-electron chi connectivity index (χ2n) is 21.2. The molecule has 6 heterocycles. The molecule has 5 aliphatic heterocycles. The normalized spacial score (nSPS) is 16.5. The number of carboxylic acid groups (broad SMARTS) is 4. The fraction of sp³-hybridized carbons (Fsp3) is 0.475. The lowest BCUT2D eigenvalue weighted by molar-refractivity contribution is -0.708. The number of unbranched alkanes of at least 4 members (excludes halogenated alkanes) is 1. The third-order valence-corrected chi connectivity index (χ3v) is 14.9. The van der Waals surface area contributed by atoms with E-state index in [2.05, 4.69) is 79.7 Å². The van der Waals surface area contributed by atoms with E-state index in [0.717, 1.165) is 76.8 Å². The Morgan fingerprint density at radius 1 is 0.602 bits per heavy atom. The number of fused-ring (bicyclic) bond motifs is 2. The molecule has 2 fully saturated rings. The summed E-state index contributed by atoms with van der Waals surface area (Å²) in [4.78, 5) is 74.3. The molecular weight excluding hydrogens is 1190 g/mol. The lowest BCUT2D eigenvalue weighted by Gasteiger charge is -2.37. The number of piperazine rings is 1. The van der Waals surface area contributed by atoms with Gasteiger partial charge in [-0.25, -0.2) is 14.4 Å². The number of aryl methyl sites for hydroxylation is 4. The van der Waals surface area contributed by atoms with Crippen molar-refractivity contribution in [3.05, 3.63) is 112 Å². The number of piperidine rings is 1. The van der Waals surface area contributed by atoms with Gasteiger partial charge in [0, 0.05) is 70.9 Å². The van der Waals surface area contributed by atoms with Crippen molar-refractivity contribution in [2.75, 3.05) is 87.1 Å². The molecule has 3 aromatic carbocycles. The molecule has 2 saturated heterocycles. The summed E-state index contributed by atoms with van der Waals surface area (Å²) >= 11 is 0. The fourth-order valence-corrected chi connectivity index (χ4v) is 10.7. The SMILES string of the molecule is Cc1cc(/C=C/c2cc3c4c(c2)CCCN4CCC3)cc(C)[n+]1CCN1CCN(CCCCC2CCN(CC(=O)N3c4ccccc4NC(=O)c4ccccc43)CC2)CC1.O=C(O)C(F)(F)F.O=C(O)C(F)(F)F.O=C(O)C(F)(F)F.O=C([O-])C(F)(F)F. The average Bonchev–Trinajstić information content (AvgIpc) is 1.38. The van der Waals surface area contributed by atoms with Gasteiger partial charge in [0.1, 0.15) is 5.97 Å². The first kappa shape index (κ1) is 71.0. The van der Waals surface area contributed by atoms with E-state index in [4.69, 9.17) is 39.6 Å². The maximum atomic E-state index is 13.9. The van der Waals surface area contributed by atoms with Crippen LogP contribution >= 0.6 is 0 Å².